The van der Waals surface area contributed by atoms with Crippen LogP contribution in [0.25, 0.3) is 0 Å². The van der Waals surface area contributed by atoms with Crippen LogP contribution in [0.15, 0.2) is 78.9 Å². The number of carbonyl (C=O) groups is 1. The molecule has 5 nitrogen and oxygen atoms in total. The third-order valence-electron chi connectivity index (χ3n) is 3.99. The highest BCUT2D eigenvalue weighted by atomic mass is 16.3. The van der Waals surface area contributed by atoms with Crippen molar-refractivity contribution in [1.29, 1.82) is 0 Å². The van der Waals surface area contributed by atoms with Gasteiger partial charge in [-0.3, -0.25) is 4.79 Å². The predicted octanol–water partition coefficient (Wildman–Crippen LogP) is 2.73. The first-order chi connectivity index (χ1) is 12.0. The fraction of sp³-hybridized carbons (Fsp3) is 0.0500. The molecule has 0 aliphatic rings. The summed E-state index contributed by atoms with van der Waals surface area (Å²) in [5.41, 5.74) is 12.0. The minimum Gasteiger partial charge on any atom is -0.399 e. The molecule has 3 aromatic carbocycles. The van der Waals surface area contributed by atoms with E-state index in [1.165, 1.54) is 0 Å². The molecule has 126 valence electrons. The highest BCUT2D eigenvalue weighted by molar-refractivity contribution is 6.00. The minimum absolute atomic E-state index is 0.380. The monoisotopic (exact) mass is 333 g/mol. The molecule has 0 radical (unpaired) electrons. The van der Waals surface area contributed by atoms with Crippen molar-refractivity contribution in [3.63, 3.8) is 0 Å². The summed E-state index contributed by atoms with van der Waals surface area (Å²) < 4.78 is 0. The van der Waals surface area contributed by atoms with Gasteiger partial charge in [0.25, 0.3) is 5.91 Å². The Morgan fingerprint density at radius 3 is 2.12 bits per heavy atom. The van der Waals surface area contributed by atoms with Gasteiger partial charge in [-0.15, -0.1) is 0 Å². The fourth-order valence-corrected chi connectivity index (χ4v) is 2.66. The van der Waals surface area contributed by atoms with Crippen LogP contribution in [-0.4, -0.2) is 11.0 Å². The number of nitrogens with one attached hydrogen (secondary N) is 1. The minimum atomic E-state index is -1.90. The largest absolute Gasteiger partial charge is 0.399 e. The summed E-state index contributed by atoms with van der Waals surface area (Å²) in [6.07, 6.45) is 0. The van der Waals surface area contributed by atoms with E-state index in [9.17, 15) is 9.90 Å². The van der Waals surface area contributed by atoms with E-state index in [0.717, 1.165) is 0 Å². The molecule has 3 rings (SSSR count). The van der Waals surface area contributed by atoms with Gasteiger partial charge < -0.3 is 21.9 Å². The lowest BCUT2D eigenvalue weighted by molar-refractivity contribution is -0.131. The first kappa shape index (κ1) is 16.5. The van der Waals surface area contributed by atoms with Crippen molar-refractivity contribution in [3.05, 3.63) is 90.0 Å². The molecular formula is C20H19N3O2. The summed E-state index contributed by atoms with van der Waals surface area (Å²) in [7, 11) is 0. The van der Waals surface area contributed by atoms with Gasteiger partial charge in [-0.1, -0.05) is 42.5 Å². The van der Waals surface area contributed by atoms with Crippen molar-refractivity contribution in [3.8, 4) is 0 Å². The fourth-order valence-electron chi connectivity index (χ4n) is 2.66. The van der Waals surface area contributed by atoms with Gasteiger partial charge >= 0.3 is 0 Å². The Balaban J connectivity index is 2.08. The van der Waals surface area contributed by atoms with Crippen molar-refractivity contribution in [1.82, 2.24) is 0 Å². The Labute approximate surface area is 145 Å². The molecule has 0 bridgehead atoms. The van der Waals surface area contributed by atoms with Crippen molar-refractivity contribution in [2.24, 2.45) is 0 Å². The third-order valence-corrected chi connectivity index (χ3v) is 3.99. The maximum atomic E-state index is 13.0. The molecule has 0 aliphatic carbocycles. The summed E-state index contributed by atoms with van der Waals surface area (Å²) in [6.45, 7) is 0. The molecule has 25 heavy (non-hydrogen) atoms. The van der Waals surface area contributed by atoms with Gasteiger partial charge in [0, 0.05) is 17.1 Å². The molecule has 1 unspecified atom stereocenters. The number of nitrogens with two attached hydrogens (primary N) is 2. The summed E-state index contributed by atoms with van der Waals surface area (Å²) >= 11 is 0. The second-order valence-corrected chi connectivity index (χ2v) is 5.78. The number of hydrogen-bond acceptors (Lipinski definition) is 4. The lowest BCUT2D eigenvalue weighted by Crippen LogP contribution is -2.41. The number of amides is 1. The van der Waals surface area contributed by atoms with Gasteiger partial charge in [-0.05, 0) is 47.5 Å². The van der Waals surface area contributed by atoms with Crippen molar-refractivity contribution in [2.75, 3.05) is 16.8 Å². The molecule has 0 aliphatic heterocycles. The van der Waals surface area contributed by atoms with Gasteiger partial charge in [-0.2, -0.15) is 0 Å². The topological polar surface area (TPSA) is 101 Å². The molecule has 0 aromatic heterocycles. The van der Waals surface area contributed by atoms with Gasteiger partial charge in [0.15, 0.2) is 5.60 Å². The number of rotatable bonds is 4. The average Bonchev–Trinajstić information content (AvgIpc) is 2.62. The van der Waals surface area contributed by atoms with Gasteiger partial charge in [0.2, 0.25) is 0 Å². The average molecular weight is 333 g/mol. The molecule has 1 amide bonds. The zero-order valence-electron chi connectivity index (χ0n) is 13.5. The second-order valence-electron chi connectivity index (χ2n) is 5.78. The highest BCUT2D eigenvalue weighted by Gasteiger charge is 2.40. The summed E-state index contributed by atoms with van der Waals surface area (Å²) in [5, 5.41) is 14.1. The SMILES string of the molecule is Nc1ccc(C(O)(C(=O)Nc2ccccc2)c2cccc(N)c2)cc1. The van der Waals surface area contributed by atoms with Crippen LogP contribution in [0.1, 0.15) is 11.1 Å². The lowest BCUT2D eigenvalue weighted by atomic mass is 9.85. The molecule has 0 spiro atoms. The van der Waals surface area contributed by atoms with Crippen LogP contribution in [0.5, 0.6) is 0 Å². The maximum Gasteiger partial charge on any atom is 0.265 e. The van der Waals surface area contributed by atoms with Crippen LogP contribution in [0.4, 0.5) is 17.1 Å². The smallest absolute Gasteiger partial charge is 0.265 e. The molecule has 5 heteroatoms. The van der Waals surface area contributed by atoms with E-state index in [1.54, 1.807) is 72.8 Å². The highest BCUT2D eigenvalue weighted by Crippen LogP contribution is 2.32. The molecule has 0 fully saturated rings. The van der Waals surface area contributed by atoms with Gasteiger partial charge in [-0.25, -0.2) is 0 Å². The first-order valence-electron chi connectivity index (χ1n) is 7.81. The quantitative estimate of drug-likeness (QED) is 0.551. The van der Waals surface area contributed by atoms with Crippen LogP contribution in [0.3, 0.4) is 0 Å². The number of benzene rings is 3. The van der Waals surface area contributed by atoms with E-state index < -0.39 is 11.5 Å². The molecule has 0 saturated carbocycles. The molecule has 0 heterocycles. The molecule has 0 saturated heterocycles. The van der Waals surface area contributed by atoms with E-state index in [0.29, 0.717) is 28.2 Å². The lowest BCUT2D eigenvalue weighted by Gasteiger charge is -2.28. The zero-order chi connectivity index (χ0) is 17.9. The summed E-state index contributed by atoms with van der Waals surface area (Å²) in [5.74, 6) is -0.575. The van der Waals surface area contributed by atoms with Crippen LogP contribution >= 0.6 is 0 Å². The van der Waals surface area contributed by atoms with E-state index in [4.69, 9.17) is 11.5 Å². The summed E-state index contributed by atoms with van der Waals surface area (Å²) in [6, 6.07) is 22.1. The number of aliphatic hydroxyl groups is 1. The van der Waals surface area contributed by atoms with Crippen molar-refractivity contribution < 1.29 is 9.90 Å². The van der Waals surface area contributed by atoms with Crippen molar-refractivity contribution in [2.45, 2.75) is 5.60 Å². The second kappa shape index (κ2) is 6.67. The first-order valence-corrected chi connectivity index (χ1v) is 7.81. The summed E-state index contributed by atoms with van der Waals surface area (Å²) in [4.78, 5) is 13.0. The van der Waals surface area contributed by atoms with Crippen LogP contribution in [-0.2, 0) is 10.4 Å². The predicted molar refractivity (Wildman–Crippen MR) is 99.8 cm³/mol. The third kappa shape index (κ3) is 3.32. The normalized spacial score (nSPS) is 13.0. The number of anilines is 3. The number of hydrogen-bond donors (Lipinski definition) is 4. The zero-order valence-corrected chi connectivity index (χ0v) is 13.5. The number of para-hydroxylation sites is 1. The Morgan fingerprint density at radius 1 is 0.800 bits per heavy atom. The molecular weight excluding hydrogens is 314 g/mol. The Bertz CT molecular complexity index is 879. The van der Waals surface area contributed by atoms with E-state index >= 15 is 0 Å². The van der Waals surface area contributed by atoms with Crippen LogP contribution in [0.2, 0.25) is 0 Å². The van der Waals surface area contributed by atoms with Crippen LogP contribution in [0, 0.1) is 0 Å². The Kier molecular flexibility index (Phi) is 4.41. The molecule has 6 N–H and O–H groups in total. The van der Waals surface area contributed by atoms with E-state index in [2.05, 4.69) is 5.32 Å². The molecule has 3 aromatic rings. The number of carbonyl (C=O) groups excluding carboxylic acids is 1. The van der Waals surface area contributed by atoms with E-state index in [-0.39, 0.29) is 0 Å². The van der Waals surface area contributed by atoms with Gasteiger partial charge in [0.1, 0.15) is 0 Å². The Morgan fingerprint density at radius 2 is 1.48 bits per heavy atom. The molecule has 1 atom stereocenters. The van der Waals surface area contributed by atoms with E-state index in [1.807, 2.05) is 6.07 Å². The van der Waals surface area contributed by atoms with Crippen LogP contribution < -0.4 is 16.8 Å². The maximum absolute atomic E-state index is 13.0. The van der Waals surface area contributed by atoms with Gasteiger partial charge in [0.05, 0.1) is 0 Å². The van der Waals surface area contributed by atoms with Crippen molar-refractivity contribution >= 4 is 23.0 Å². The number of nitrogen functional groups attached to an aromatic ring is 2. The Hall–Kier alpha value is -3.31. The standard InChI is InChI=1S/C20H19N3O2/c21-16-11-9-14(10-12-16)20(25,15-5-4-6-17(22)13-15)19(24)23-18-7-2-1-3-8-18/h1-13,25H,21-22H2,(H,23,24).